The normalized spacial score (nSPS) is 11.2. The number of imidazole rings is 1. The Balaban J connectivity index is 1.49. The summed E-state index contributed by atoms with van der Waals surface area (Å²) < 4.78 is 16.7. The van der Waals surface area contributed by atoms with E-state index in [9.17, 15) is 9.18 Å². The van der Waals surface area contributed by atoms with Gasteiger partial charge in [-0.25, -0.2) is 18.9 Å². The summed E-state index contributed by atoms with van der Waals surface area (Å²) in [5, 5.41) is 7.31. The van der Waals surface area contributed by atoms with Gasteiger partial charge in [0.2, 0.25) is 0 Å². The van der Waals surface area contributed by atoms with Crippen molar-refractivity contribution in [1.29, 1.82) is 0 Å². The molecular weight excluding hydrogens is 371 g/mol. The Labute approximate surface area is 164 Å². The van der Waals surface area contributed by atoms with Crippen LogP contribution >= 0.6 is 0 Å². The molecule has 1 aromatic carbocycles. The first kappa shape index (κ1) is 17.1. The van der Waals surface area contributed by atoms with Crippen LogP contribution in [0.15, 0.2) is 67.1 Å². The fourth-order valence-electron chi connectivity index (χ4n) is 3.16. The molecule has 0 fully saturated rings. The Hall–Kier alpha value is -4.07. The van der Waals surface area contributed by atoms with Crippen LogP contribution in [0.4, 0.5) is 10.1 Å². The van der Waals surface area contributed by atoms with Crippen molar-refractivity contribution in [2.24, 2.45) is 0 Å². The Bertz CT molecular complexity index is 1390. The maximum absolute atomic E-state index is 13.4. The smallest absolute Gasteiger partial charge is 0.274 e. The third kappa shape index (κ3) is 3.00. The summed E-state index contributed by atoms with van der Waals surface area (Å²) in [6, 6.07) is 13.7. The minimum Gasteiger partial charge on any atom is -0.320 e. The van der Waals surface area contributed by atoms with E-state index in [0.29, 0.717) is 34.1 Å². The Kier molecular flexibility index (Phi) is 3.83. The number of amides is 1. The summed E-state index contributed by atoms with van der Waals surface area (Å²) in [6.07, 6.45) is 4.85. The van der Waals surface area contributed by atoms with E-state index in [1.807, 2.05) is 43.3 Å². The fraction of sp³-hybridized carbons (Fsp3) is 0.0476. The number of carbonyl (C=O) groups is 1. The number of halogens is 1. The molecule has 0 saturated carbocycles. The molecule has 142 valence electrons. The zero-order valence-electron chi connectivity index (χ0n) is 15.4. The van der Waals surface area contributed by atoms with Crippen molar-refractivity contribution < 1.29 is 9.18 Å². The quantitative estimate of drug-likeness (QED) is 0.512. The first-order valence-corrected chi connectivity index (χ1v) is 8.95. The molecule has 0 saturated heterocycles. The number of hydrogen-bond acceptors (Lipinski definition) is 4. The van der Waals surface area contributed by atoms with E-state index in [0.717, 1.165) is 5.56 Å². The molecule has 4 heterocycles. The summed E-state index contributed by atoms with van der Waals surface area (Å²) in [6.45, 7) is 1.90. The monoisotopic (exact) mass is 386 g/mol. The summed E-state index contributed by atoms with van der Waals surface area (Å²) in [7, 11) is 0. The van der Waals surface area contributed by atoms with Crippen molar-refractivity contribution in [2.75, 3.05) is 5.32 Å². The van der Waals surface area contributed by atoms with Gasteiger partial charge in [-0.3, -0.25) is 9.20 Å². The van der Waals surface area contributed by atoms with E-state index in [2.05, 4.69) is 20.4 Å². The molecule has 0 bridgehead atoms. The minimum absolute atomic E-state index is 0.269. The molecule has 0 aliphatic heterocycles. The second-order valence-electron chi connectivity index (χ2n) is 6.64. The van der Waals surface area contributed by atoms with Crippen LogP contribution in [0.1, 0.15) is 16.1 Å². The van der Waals surface area contributed by atoms with Crippen molar-refractivity contribution >= 4 is 22.9 Å². The molecule has 5 aromatic rings. The van der Waals surface area contributed by atoms with Crippen LogP contribution in [0.25, 0.3) is 22.7 Å². The van der Waals surface area contributed by atoms with Gasteiger partial charge < -0.3 is 5.32 Å². The summed E-state index contributed by atoms with van der Waals surface area (Å²) in [5.41, 5.74) is 3.80. The van der Waals surface area contributed by atoms with Crippen molar-refractivity contribution in [3.8, 4) is 11.4 Å². The van der Waals surface area contributed by atoms with Crippen LogP contribution in [0.3, 0.4) is 0 Å². The molecule has 8 heteroatoms. The molecule has 0 atom stereocenters. The highest BCUT2D eigenvalue weighted by Gasteiger charge is 2.15. The molecule has 7 nitrogen and oxygen atoms in total. The topological polar surface area (TPSA) is 76.6 Å². The van der Waals surface area contributed by atoms with Crippen LogP contribution in [-0.2, 0) is 0 Å². The van der Waals surface area contributed by atoms with E-state index < -0.39 is 0 Å². The Morgan fingerprint density at radius 3 is 2.86 bits per heavy atom. The molecule has 1 amide bonds. The van der Waals surface area contributed by atoms with Crippen molar-refractivity contribution in [3.63, 3.8) is 0 Å². The zero-order chi connectivity index (χ0) is 20.0. The first-order chi connectivity index (χ1) is 14.1. The molecule has 4 aromatic heterocycles. The van der Waals surface area contributed by atoms with Gasteiger partial charge in [-0.05, 0) is 36.8 Å². The number of fused-ring (bicyclic) bond motifs is 2. The third-order valence-corrected chi connectivity index (χ3v) is 4.69. The lowest BCUT2D eigenvalue weighted by Gasteiger charge is -2.09. The van der Waals surface area contributed by atoms with E-state index in [-0.39, 0.29) is 11.7 Å². The average Bonchev–Trinajstić information content (AvgIpc) is 3.33. The summed E-state index contributed by atoms with van der Waals surface area (Å²) in [4.78, 5) is 21.4. The minimum atomic E-state index is -0.374. The molecule has 0 unspecified atom stereocenters. The number of nitrogens with zero attached hydrogens (tertiary/aromatic N) is 5. The van der Waals surface area contributed by atoms with E-state index in [1.165, 1.54) is 22.8 Å². The van der Waals surface area contributed by atoms with E-state index >= 15 is 0 Å². The SMILES string of the molecule is Cc1ccc(-c2nc3cc(F)ccn3n2)cc1NC(=O)c1cnc2ccccn12. The van der Waals surface area contributed by atoms with Crippen molar-refractivity contribution in [1.82, 2.24) is 24.0 Å². The lowest BCUT2D eigenvalue weighted by Crippen LogP contribution is -2.15. The van der Waals surface area contributed by atoms with Gasteiger partial charge in [0.25, 0.3) is 5.91 Å². The number of aromatic nitrogens is 5. The lowest BCUT2D eigenvalue weighted by atomic mass is 10.1. The van der Waals surface area contributed by atoms with Gasteiger partial charge in [0.15, 0.2) is 11.5 Å². The number of nitrogens with one attached hydrogen (secondary N) is 1. The van der Waals surface area contributed by atoms with Crippen molar-refractivity contribution in [3.05, 3.63) is 84.2 Å². The molecule has 0 radical (unpaired) electrons. The maximum atomic E-state index is 13.4. The predicted octanol–water partition coefficient (Wildman–Crippen LogP) is 3.74. The van der Waals surface area contributed by atoms with Crippen LogP contribution in [-0.4, -0.2) is 29.9 Å². The second-order valence-corrected chi connectivity index (χ2v) is 6.64. The third-order valence-electron chi connectivity index (χ3n) is 4.69. The number of aryl methyl sites for hydroxylation is 1. The number of hydrogen-bond donors (Lipinski definition) is 1. The highest BCUT2D eigenvalue weighted by molar-refractivity contribution is 6.04. The second kappa shape index (κ2) is 6.52. The molecule has 29 heavy (non-hydrogen) atoms. The van der Waals surface area contributed by atoms with Gasteiger partial charge in [-0.1, -0.05) is 18.2 Å². The van der Waals surface area contributed by atoms with Crippen LogP contribution in [0.2, 0.25) is 0 Å². The Morgan fingerprint density at radius 2 is 1.97 bits per heavy atom. The standard InChI is InChI=1S/C21H15FN6O/c1-13-5-6-14(20-25-19-11-15(22)7-9-28(19)26-20)10-16(13)24-21(29)17-12-23-18-4-2-3-8-27(17)18/h2-12H,1H3,(H,24,29). The molecule has 0 spiro atoms. The van der Waals surface area contributed by atoms with Crippen LogP contribution < -0.4 is 5.32 Å². The molecule has 0 aliphatic carbocycles. The molecule has 5 rings (SSSR count). The predicted molar refractivity (Wildman–Crippen MR) is 106 cm³/mol. The summed E-state index contributed by atoms with van der Waals surface area (Å²) >= 11 is 0. The van der Waals surface area contributed by atoms with E-state index in [4.69, 9.17) is 0 Å². The van der Waals surface area contributed by atoms with Crippen molar-refractivity contribution in [2.45, 2.75) is 6.92 Å². The van der Waals surface area contributed by atoms with Gasteiger partial charge in [0.1, 0.15) is 17.2 Å². The fourth-order valence-corrected chi connectivity index (χ4v) is 3.16. The van der Waals surface area contributed by atoms with Gasteiger partial charge in [-0.2, -0.15) is 0 Å². The van der Waals surface area contributed by atoms with Gasteiger partial charge >= 0.3 is 0 Å². The number of pyridine rings is 2. The lowest BCUT2D eigenvalue weighted by molar-refractivity contribution is 0.102. The largest absolute Gasteiger partial charge is 0.320 e. The number of rotatable bonds is 3. The van der Waals surface area contributed by atoms with Crippen LogP contribution in [0, 0.1) is 12.7 Å². The number of carbonyl (C=O) groups excluding carboxylic acids is 1. The molecule has 0 aliphatic rings. The maximum Gasteiger partial charge on any atom is 0.274 e. The number of benzene rings is 1. The highest BCUT2D eigenvalue weighted by Crippen LogP contribution is 2.24. The molecular formula is C21H15FN6O. The van der Waals surface area contributed by atoms with Crippen LogP contribution in [0.5, 0.6) is 0 Å². The van der Waals surface area contributed by atoms with Gasteiger partial charge in [-0.15, -0.1) is 5.10 Å². The zero-order valence-corrected chi connectivity index (χ0v) is 15.4. The highest BCUT2D eigenvalue weighted by atomic mass is 19.1. The summed E-state index contributed by atoms with van der Waals surface area (Å²) in [5.74, 6) is -0.198. The average molecular weight is 386 g/mol. The van der Waals surface area contributed by atoms with Gasteiger partial charge in [0.05, 0.1) is 6.20 Å². The van der Waals surface area contributed by atoms with Gasteiger partial charge in [0, 0.05) is 29.7 Å². The van der Waals surface area contributed by atoms with E-state index in [1.54, 1.807) is 16.8 Å². The molecule has 1 N–H and O–H groups in total. The number of anilines is 1. The Morgan fingerprint density at radius 1 is 1.07 bits per heavy atom. The first-order valence-electron chi connectivity index (χ1n) is 8.95.